The first kappa shape index (κ1) is 16.1. The van der Waals surface area contributed by atoms with E-state index in [1.807, 2.05) is 6.07 Å². The highest BCUT2D eigenvalue weighted by atomic mass is 35.5. The molecule has 23 heavy (non-hydrogen) atoms. The minimum atomic E-state index is -0.446. The number of nitriles is 1. The number of halogens is 1. The van der Waals surface area contributed by atoms with Crippen LogP contribution in [0.3, 0.4) is 0 Å². The Balaban J connectivity index is 1.98. The van der Waals surface area contributed by atoms with Gasteiger partial charge in [0.15, 0.2) is 0 Å². The molecule has 1 unspecified atom stereocenters. The predicted molar refractivity (Wildman–Crippen MR) is 95.1 cm³/mol. The highest BCUT2D eigenvalue weighted by Crippen LogP contribution is 2.45. The largest absolute Gasteiger partial charge is 0.393 e. The highest BCUT2D eigenvalue weighted by molar-refractivity contribution is 7.80. The molecule has 0 radical (unpaired) electrons. The summed E-state index contributed by atoms with van der Waals surface area (Å²) in [6.07, 6.45) is 9.22. The SMILES string of the molecule is C=C(Cl)CN1[C@@H]2C=C[C@H]1CC(C(N)=S)(c1cncc(C#N)c1)C2. The van der Waals surface area contributed by atoms with E-state index in [1.54, 1.807) is 12.4 Å². The van der Waals surface area contributed by atoms with Crippen LogP contribution in [0.1, 0.15) is 24.0 Å². The number of fused-ring (bicyclic) bond motifs is 2. The van der Waals surface area contributed by atoms with Gasteiger partial charge in [-0.2, -0.15) is 5.26 Å². The first-order valence-electron chi connectivity index (χ1n) is 7.39. The lowest BCUT2D eigenvalue weighted by Crippen LogP contribution is -2.55. The second-order valence-corrected chi connectivity index (χ2v) is 7.11. The zero-order valence-corrected chi connectivity index (χ0v) is 14.1. The molecule has 4 nitrogen and oxygen atoms in total. The summed E-state index contributed by atoms with van der Waals surface area (Å²) in [6.45, 7) is 4.44. The number of hydrogen-bond donors (Lipinski definition) is 1. The van der Waals surface area contributed by atoms with Crippen molar-refractivity contribution in [2.24, 2.45) is 5.73 Å². The molecule has 2 N–H and O–H groups in total. The molecule has 0 spiro atoms. The van der Waals surface area contributed by atoms with Gasteiger partial charge in [-0.15, -0.1) is 0 Å². The van der Waals surface area contributed by atoms with E-state index in [1.165, 1.54) is 0 Å². The molecule has 3 rings (SSSR count). The first-order chi connectivity index (χ1) is 11.0. The van der Waals surface area contributed by atoms with E-state index < -0.39 is 5.41 Å². The second kappa shape index (κ2) is 6.04. The smallest absolute Gasteiger partial charge is 0.101 e. The van der Waals surface area contributed by atoms with Gasteiger partial charge in [0.25, 0.3) is 0 Å². The van der Waals surface area contributed by atoms with Gasteiger partial charge < -0.3 is 5.73 Å². The van der Waals surface area contributed by atoms with E-state index in [2.05, 4.69) is 34.7 Å². The number of aromatic nitrogens is 1. The quantitative estimate of drug-likeness (QED) is 0.672. The molecule has 0 aliphatic carbocycles. The van der Waals surface area contributed by atoms with Crippen molar-refractivity contribution >= 4 is 28.8 Å². The van der Waals surface area contributed by atoms with Gasteiger partial charge in [0.2, 0.25) is 0 Å². The van der Waals surface area contributed by atoms with Crippen LogP contribution in [-0.4, -0.2) is 33.5 Å². The highest BCUT2D eigenvalue weighted by Gasteiger charge is 2.48. The van der Waals surface area contributed by atoms with Crippen molar-refractivity contribution < 1.29 is 0 Å². The molecule has 118 valence electrons. The van der Waals surface area contributed by atoms with E-state index in [-0.39, 0.29) is 12.1 Å². The van der Waals surface area contributed by atoms with Gasteiger partial charge in [-0.1, -0.05) is 42.5 Å². The van der Waals surface area contributed by atoms with Crippen LogP contribution in [0, 0.1) is 11.3 Å². The molecule has 1 aromatic heterocycles. The first-order valence-corrected chi connectivity index (χ1v) is 8.18. The molecule has 0 aromatic carbocycles. The minimum Gasteiger partial charge on any atom is -0.393 e. The Morgan fingerprint density at radius 1 is 1.48 bits per heavy atom. The van der Waals surface area contributed by atoms with Crippen LogP contribution in [-0.2, 0) is 5.41 Å². The van der Waals surface area contributed by atoms with Crippen molar-refractivity contribution in [1.82, 2.24) is 9.88 Å². The van der Waals surface area contributed by atoms with Crippen LogP contribution in [0.5, 0.6) is 0 Å². The van der Waals surface area contributed by atoms with Crippen molar-refractivity contribution in [3.63, 3.8) is 0 Å². The van der Waals surface area contributed by atoms with Gasteiger partial charge in [-0.3, -0.25) is 9.88 Å². The molecule has 2 bridgehead atoms. The molecule has 1 saturated heterocycles. The van der Waals surface area contributed by atoms with Crippen molar-refractivity contribution in [3.8, 4) is 6.07 Å². The molecule has 1 fully saturated rings. The van der Waals surface area contributed by atoms with Crippen LogP contribution in [0.2, 0.25) is 0 Å². The van der Waals surface area contributed by atoms with Crippen molar-refractivity contribution in [2.75, 3.05) is 6.54 Å². The van der Waals surface area contributed by atoms with Gasteiger partial charge in [0, 0.05) is 36.1 Å². The fourth-order valence-electron chi connectivity index (χ4n) is 3.67. The predicted octanol–water partition coefficient (Wildman–Crippen LogP) is 2.63. The topological polar surface area (TPSA) is 65.9 Å². The Labute approximate surface area is 146 Å². The Kier molecular flexibility index (Phi) is 4.24. The second-order valence-electron chi connectivity index (χ2n) is 6.14. The molecule has 2 aliphatic rings. The van der Waals surface area contributed by atoms with Crippen molar-refractivity contribution in [3.05, 3.63) is 53.4 Å². The summed E-state index contributed by atoms with van der Waals surface area (Å²) in [7, 11) is 0. The molecule has 0 saturated carbocycles. The van der Waals surface area contributed by atoms with Crippen LogP contribution >= 0.6 is 23.8 Å². The van der Waals surface area contributed by atoms with Gasteiger partial charge in [-0.05, 0) is 24.5 Å². The molecule has 2 aliphatic heterocycles. The lowest BCUT2D eigenvalue weighted by atomic mass is 9.69. The minimum absolute atomic E-state index is 0.205. The van der Waals surface area contributed by atoms with Gasteiger partial charge in [0.05, 0.1) is 16.0 Å². The fourth-order valence-corrected chi connectivity index (χ4v) is 4.09. The molecule has 6 heteroatoms. The molecular formula is C17H17ClN4S. The zero-order valence-electron chi connectivity index (χ0n) is 12.6. The number of nitrogens with zero attached hydrogens (tertiary/aromatic N) is 3. The molecule has 0 amide bonds. The summed E-state index contributed by atoms with van der Waals surface area (Å²) in [4.78, 5) is 6.96. The number of pyridine rings is 1. The average Bonchev–Trinajstić information content (AvgIpc) is 2.76. The maximum Gasteiger partial charge on any atom is 0.101 e. The van der Waals surface area contributed by atoms with Crippen molar-refractivity contribution in [1.29, 1.82) is 5.26 Å². The third kappa shape index (κ3) is 2.78. The molecule has 3 heterocycles. The van der Waals surface area contributed by atoms with Gasteiger partial charge in [0.1, 0.15) is 6.07 Å². The Bertz CT molecular complexity index is 720. The lowest BCUT2D eigenvalue weighted by Gasteiger charge is -2.46. The van der Waals surface area contributed by atoms with Crippen LogP contribution in [0.4, 0.5) is 0 Å². The van der Waals surface area contributed by atoms with E-state index in [9.17, 15) is 0 Å². The number of rotatable bonds is 4. The summed E-state index contributed by atoms with van der Waals surface area (Å²) < 4.78 is 0. The van der Waals surface area contributed by atoms with E-state index in [0.29, 0.717) is 22.1 Å². The Hall–Kier alpha value is -1.74. The molecular weight excluding hydrogens is 328 g/mol. The maximum absolute atomic E-state index is 9.14. The summed E-state index contributed by atoms with van der Waals surface area (Å²) >= 11 is 11.4. The molecule has 1 aromatic rings. The Morgan fingerprint density at radius 2 is 2.13 bits per heavy atom. The third-order valence-corrected chi connectivity index (χ3v) is 5.28. The summed E-state index contributed by atoms with van der Waals surface area (Å²) in [5.74, 6) is 0. The summed E-state index contributed by atoms with van der Waals surface area (Å²) in [5.41, 5.74) is 7.16. The number of piperidine rings is 1. The fraction of sp³-hybridized carbons (Fsp3) is 0.353. The maximum atomic E-state index is 9.14. The monoisotopic (exact) mass is 344 g/mol. The zero-order chi connectivity index (χ0) is 16.6. The number of thiocarbonyl (C=S) groups is 1. The van der Waals surface area contributed by atoms with E-state index in [4.69, 9.17) is 34.8 Å². The lowest BCUT2D eigenvalue weighted by molar-refractivity contribution is 0.137. The van der Waals surface area contributed by atoms with Gasteiger partial charge >= 0.3 is 0 Å². The van der Waals surface area contributed by atoms with Crippen molar-refractivity contribution in [2.45, 2.75) is 30.3 Å². The summed E-state index contributed by atoms with van der Waals surface area (Å²) in [6, 6.07) is 4.39. The Morgan fingerprint density at radius 3 is 2.65 bits per heavy atom. The van der Waals surface area contributed by atoms with Crippen LogP contribution in [0.15, 0.2) is 42.2 Å². The van der Waals surface area contributed by atoms with Crippen LogP contribution < -0.4 is 5.73 Å². The average molecular weight is 345 g/mol. The van der Waals surface area contributed by atoms with E-state index >= 15 is 0 Å². The number of hydrogen-bond acceptors (Lipinski definition) is 4. The van der Waals surface area contributed by atoms with E-state index in [0.717, 1.165) is 18.4 Å². The summed E-state index contributed by atoms with van der Waals surface area (Å²) in [5, 5.41) is 9.77. The standard InChI is InChI=1S/C17H17ClN4S/c1-11(18)10-22-14-2-3-15(22)6-17(5-14,16(20)23)13-4-12(7-19)8-21-9-13/h2-4,8-9,14-15H,1,5-6,10H2,(H2,20,23)/t14-,15+,17?. The normalized spacial score (nSPS) is 29.2. The third-order valence-electron chi connectivity index (χ3n) is 4.77. The van der Waals surface area contributed by atoms with Crippen LogP contribution in [0.25, 0.3) is 0 Å². The molecule has 3 atom stereocenters. The number of nitrogens with two attached hydrogens (primary N) is 1. The van der Waals surface area contributed by atoms with Gasteiger partial charge in [-0.25, -0.2) is 0 Å².